The Morgan fingerprint density at radius 1 is 1.04 bits per heavy atom. The Kier molecular flexibility index (Phi) is 5.13. The second kappa shape index (κ2) is 6.91. The summed E-state index contributed by atoms with van der Waals surface area (Å²) in [6.07, 6.45) is 0.177. The molecule has 0 N–H and O–H groups in total. The van der Waals surface area contributed by atoms with Gasteiger partial charge >= 0.3 is 15.6 Å². The highest BCUT2D eigenvalue weighted by Crippen LogP contribution is 2.30. The van der Waals surface area contributed by atoms with Gasteiger partial charge in [-0.1, -0.05) is 30.3 Å². The van der Waals surface area contributed by atoms with Gasteiger partial charge < -0.3 is 8.92 Å². The normalized spacial score (nSPS) is 11.8. The maximum absolute atomic E-state index is 12.3. The third kappa shape index (κ3) is 4.25. The molecule has 0 saturated carbocycles. The van der Waals surface area contributed by atoms with E-state index in [0.717, 1.165) is 17.7 Å². The molecule has 5 nitrogen and oxygen atoms in total. The van der Waals surface area contributed by atoms with Gasteiger partial charge in [-0.05, 0) is 23.8 Å². The molecule has 24 heavy (non-hydrogen) atoms. The molecule has 0 amide bonds. The van der Waals surface area contributed by atoms with Crippen molar-refractivity contribution in [2.24, 2.45) is 0 Å². The summed E-state index contributed by atoms with van der Waals surface area (Å²) in [5.41, 5.74) is -5.13. The van der Waals surface area contributed by atoms with Crippen molar-refractivity contribution in [3.8, 4) is 11.5 Å². The van der Waals surface area contributed by atoms with Crippen LogP contribution in [0.2, 0.25) is 0 Å². The van der Waals surface area contributed by atoms with Crippen molar-refractivity contribution >= 4 is 16.4 Å². The van der Waals surface area contributed by atoms with Gasteiger partial charge in [0.05, 0.1) is 5.56 Å². The van der Waals surface area contributed by atoms with Crippen molar-refractivity contribution in [2.75, 3.05) is 0 Å². The van der Waals surface area contributed by atoms with Crippen LogP contribution in [0.1, 0.15) is 15.9 Å². The Morgan fingerprint density at radius 2 is 1.71 bits per heavy atom. The molecule has 2 aromatic rings. The molecule has 0 radical (unpaired) electrons. The largest absolute Gasteiger partial charge is 0.534 e. The highest BCUT2D eigenvalue weighted by atomic mass is 32.2. The number of hydrogen-bond acceptors (Lipinski definition) is 5. The molecule has 0 spiro atoms. The minimum absolute atomic E-state index is 0.167. The first-order valence-corrected chi connectivity index (χ1v) is 7.90. The van der Waals surface area contributed by atoms with Crippen molar-refractivity contribution in [3.63, 3.8) is 0 Å². The number of ether oxygens (including phenoxy) is 1. The number of benzene rings is 2. The molecule has 0 aromatic heterocycles. The second-order valence-corrected chi connectivity index (χ2v) is 6.11. The Morgan fingerprint density at radius 3 is 2.29 bits per heavy atom. The quantitative estimate of drug-likeness (QED) is 0.449. The van der Waals surface area contributed by atoms with Gasteiger partial charge in [0, 0.05) is 0 Å². The lowest BCUT2D eigenvalue weighted by Crippen LogP contribution is -2.28. The fourth-order valence-electron chi connectivity index (χ4n) is 1.69. The Bertz CT molecular complexity index is 817. The minimum atomic E-state index is -5.85. The second-order valence-electron chi connectivity index (χ2n) is 4.57. The zero-order valence-corrected chi connectivity index (χ0v) is 12.8. The van der Waals surface area contributed by atoms with E-state index in [0.29, 0.717) is 0 Å². The predicted molar refractivity (Wildman–Crippen MR) is 78.2 cm³/mol. The number of halogens is 3. The average Bonchev–Trinajstić information content (AvgIpc) is 2.53. The highest BCUT2D eigenvalue weighted by Gasteiger charge is 2.48. The van der Waals surface area contributed by atoms with Crippen LogP contribution in [0.3, 0.4) is 0 Å². The van der Waals surface area contributed by atoms with Crippen LogP contribution >= 0.6 is 0 Å². The number of carbonyl (C=O) groups is 1. The maximum Gasteiger partial charge on any atom is 0.534 e. The van der Waals surface area contributed by atoms with Crippen molar-refractivity contribution in [1.29, 1.82) is 0 Å². The summed E-state index contributed by atoms with van der Waals surface area (Å²) in [7, 11) is -5.85. The standard InChI is InChI=1S/C15H11F3O5S/c16-15(17,18)24(20,21)23-14-7-6-13(8-12(14)9-19)22-10-11-4-2-1-3-5-11/h1-9H,10H2. The van der Waals surface area contributed by atoms with Crippen molar-refractivity contribution in [2.45, 2.75) is 12.1 Å². The summed E-state index contributed by atoms with van der Waals surface area (Å²) >= 11 is 0. The molecular formula is C15H11F3O5S. The van der Waals surface area contributed by atoms with Crippen molar-refractivity contribution < 1.29 is 35.3 Å². The van der Waals surface area contributed by atoms with Crippen LogP contribution in [0.4, 0.5) is 13.2 Å². The fourth-order valence-corrected chi connectivity index (χ4v) is 2.17. The molecule has 9 heteroatoms. The average molecular weight is 360 g/mol. The molecule has 0 fully saturated rings. The zero-order valence-electron chi connectivity index (χ0n) is 12.0. The van der Waals surface area contributed by atoms with Gasteiger partial charge in [0.2, 0.25) is 0 Å². The van der Waals surface area contributed by atoms with E-state index in [2.05, 4.69) is 4.18 Å². The zero-order chi connectivity index (χ0) is 17.8. The molecule has 2 rings (SSSR count). The third-order valence-corrected chi connectivity index (χ3v) is 3.81. The van der Waals surface area contributed by atoms with E-state index < -0.39 is 21.4 Å². The summed E-state index contributed by atoms with van der Waals surface area (Å²) in [6, 6.07) is 12.2. The Labute approximate surface area is 135 Å². The molecule has 0 saturated heterocycles. The van der Waals surface area contributed by atoms with Crippen LogP contribution in [-0.4, -0.2) is 20.2 Å². The molecule has 0 aliphatic heterocycles. The Hall–Kier alpha value is -2.55. The van der Waals surface area contributed by atoms with Crippen LogP contribution in [0.5, 0.6) is 11.5 Å². The van der Waals surface area contributed by atoms with Gasteiger partial charge in [-0.2, -0.15) is 21.6 Å². The minimum Gasteiger partial charge on any atom is -0.489 e. The SMILES string of the molecule is O=Cc1cc(OCc2ccccc2)ccc1OS(=O)(=O)C(F)(F)F. The van der Waals surface area contributed by atoms with Gasteiger partial charge in [0.1, 0.15) is 12.4 Å². The summed E-state index contributed by atoms with van der Waals surface area (Å²) in [5, 5.41) is 0. The molecule has 0 heterocycles. The van der Waals surface area contributed by atoms with E-state index in [4.69, 9.17) is 4.74 Å². The first-order chi connectivity index (χ1) is 11.2. The molecule has 128 valence electrons. The molecule has 2 aromatic carbocycles. The molecule has 0 atom stereocenters. The molecular weight excluding hydrogens is 349 g/mol. The lowest BCUT2D eigenvalue weighted by molar-refractivity contribution is -0.0500. The number of carbonyl (C=O) groups excluding carboxylic acids is 1. The lowest BCUT2D eigenvalue weighted by atomic mass is 10.2. The van der Waals surface area contributed by atoms with E-state index in [1.807, 2.05) is 6.07 Å². The predicted octanol–water partition coefficient (Wildman–Crippen LogP) is 3.31. The third-order valence-electron chi connectivity index (χ3n) is 2.84. The van der Waals surface area contributed by atoms with Gasteiger partial charge in [-0.25, -0.2) is 0 Å². The van der Waals surface area contributed by atoms with Crippen LogP contribution in [0, 0.1) is 0 Å². The van der Waals surface area contributed by atoms with E-state index in [9.17, 15) is 26.4 Å². The topological polar surface area (TPSA) is 69.7 Å². The van der Waals surface area contributed by atoms with Gasteiger partial charge in [0.15, 0.2) is 12.0 Å². The van der Waals surface area contributed by atoms with E-state index in [-0.39, 0.29) is 24.2 Å². The van der Waals surface area contributed by atoms with E-state index in [1.54, 1.807) is 24.3 Å². The van der Waals surface area contributed by atoms with Gasteiger partial charge in [0.25, 0.3) is 0 Å². The van der Waals surface area contributed by atoms with Crippen LogP contribution in [0.15, 0.2) is 48.5 Å². The number of hydrogen-bond donors (Lipinski definition) is 0. The monoisotopic (exact) mass is 360 g/mol. The summed E-state index contributed by atoms with van der Waals surface area (Å²) in [4.78, 5) is 11.0. The molecule has 0 aliphatic carbocycles. The maximum atomic E-state index is 12.3. The fraction of sp³-hybridized carbons (Fsp3) is 0.133. The Balaban J connectivity index is 2.17. The first kappa shape index (κ1) is 17.8. The number of alkyl halides is 3. The molecule has 0 bridgehead atoms. The summed E-state index contributed by atoms with van der Waals surface area (Å²) in [5.74, 6) is -0.549. The smallest absolute Gasteiger partial charge is 0.489 e. The lowest BCUT2D eigenvalue weighted by Gasteiger charge is -2.12. The number of aldehydes is 1. The summed E-state index contributed by atoms with van der Waals surface area (Å²) in [6.45, 7) is 0.167. The van der Waals surface area contributed by atoms with Crippen molar-refractivity contribution in [1.82, 2.24) is 0 Å². The van der Waals surface area contributed by atoms with E-state index in [1.165, 1.54) is 6.07 Å². The van der Waals surface area contributed by atoms with Crippen LogP contribution < -0.4 is 8.92 Å². The van der Waals surface area contributed by atoms with Gasteiger partial charge in [-0.15, -0.1) is 0 Å². The highest BCUT2D eigenvalue weighted by molar-refractivity contribution is 7.88. The first-order valence-electron chi connectivity index (χ1n) is 6.49. The summed E-state index contributed by atoms with van der Waals surface area (Å²) < 4.78 is 68.3. The number of rotatable bonds is 6. The van der Waals surface area contributed by atoms with Crippen LogP contribution in [-0.2, 0) is 16.7 Å². The molecule has 0 unspecified atom stereocenters. The van der Waals surface area contributed by atoms with Crippen molar-refractivity contribution in [3.05, 3.63) is 59.7 Å². The van der Waals surface area contributed by atoms with Gasteiger partial charge in [-0.3, -0.25) is 4.79 Å². The molecule has 0 aliphatic rings. The van der Waals surface area contributed by atoms with E-state index >= 15 is 0 Å². The van der Waals surface area contributed by atoms with Crippen LogP contribution in [0.25, 0.3) is 0 Å².